The second-order valence-electron chi connectivity index (χ2n) is 5.29. The number of piperidine rings is 1. The van der Waals surface area contributed by atoms with Crippen LogP contribution in [0.4, 0.5) is 10.5 Å². The van der Waals surface area contributed by atoms with Gasteiger partial charge in [-0.2, -0.15) is 0 Å². The van der Waals surface area contributed by atoms with E-state index >= 15 is 0 Å². The molecule has 2 N–H and O–H groups in total. The van der Waals surface area contributed by atoms with Gasteiger partial charge in [-0.05, 0) is 43.9 Å². The normalized spacial score (nSPS) is 17.1. The first-order chi connectivity index (χ1) is 9.09. The fourth-order valence-electron chi connectivity index (χ4n) is 2.52. The lowest BCUT2D eigenvalue weighted by molar-refractivity contribution is 0.140. The molecule has 0 spiro atoms. The van der Waals surface area contributed by atoms with Gasteiger partial charge in [0, 0.05) is 25.8 Å². The van der Waals surface area contributed by atoms with E-state index in [0.717, 1.165) is 37.2 Å². The van der Waals surface area contributed by atoms with E-state index in [1.807, 2.05) is 43.1 Å². The highest BCUT2D eigenvalue weighted by atomic mass is 16.2. The lowest BCUT2D eigenvalue weighted by Crippen LogP contribution is -2.44. The van der Waals surface area contributed by atoms with E-state index in [-0.39, 0.29) is 12.1 Å². The molecule has 0 saturated carbocycles. The molecule has 1 atom stereocenters. The minimum Gasteiger partial charge on any atom is -0.399 e. The Bertz CT molecular complexity index is 441. The molecule has 0 aliphatic carbocycles. The van der Waals surface area contributed by atoms with Crippen molar-refractivity contribution in [1.82, 2.24) is 9.80 Å². The first kappa shape index (κ1) is 13.7. The summed E-state index contributed by atoms with van der Waals surface area (Å²) in [6, 6.07) is 7.90. The number of likely N-dealkylation sites (tertiary alicyclic amines) is 1. The number of nitrogen functional groups attached to an aromatic ring is 1. The maximum absolute atomic E-state index is 12.4. The van der Waals surface area contributed by atoms with Crippen molar-refractivity contribution in [3.05, 3.63) is 29.8 Å². The number of carbonyl (C=O) groups is 1. The quantitative estimate of drug-likeness (QED) is 0.832. The second-order valence-corrected chi connectivity index (χ2v) is 5.29. The van der Waals surface area contributed by atoms with Crippen molar-refractivity contribution in [2.75, 3.05) is 25.9 Å². The Morgan fingerprint density at radius 2 is 2.00 bits per heavy atom. The third-order valence-corrected chi connectivity index (χ3v) is 3.90. The van der Waals surface area contributed by atoms with E-state index in [4.69, 9.17) is 5.73 Å². The van der Waals surface area contributed by atoms with E-state index in [2.05, 4.69) is 0 Å². The molecular formula is C15H23N3O. The smallest absolute Gasteiger partial charge is 0.320 e. The van der Waals surface area contributed by atoms with Gasteiger partial charge in [-0.25, -0.2) is 4.79 Å². The van der Waals surface area contributed by atoms with Crippen LogP contribution in [0.3, 0.4) is 0 Å². The molecule has 104 valence electrons. The van der Waals surface area contributed by atoms with Crippen molar-refractivity contribution in [2.45, 2.75) is 32.2 Å². The molecule has 1 saturated heterocycles. The van der Waals surface area contributed by atoms with E-state index in [9.17, 15) is 4.79 Å². The summed E-state index contributed by atoms with van der Waals surface area (Å²) in [4.78, 5) is 16.2. The summed E-state index contributed by atoms with van der Waals surface area (Å²) < 4.78 is 0. The molecule has 4 nitrogen and oxygen atoms in total. The number of carbonyl (C=O) groups excluding carboxylic acids is 1. The average Bonchev–Trinajstić information content (AvgIpc) is 2.46. The molecule has 19 heavy (non-hydrogen) atoms. The number of nitrogens with two attached hydrogens (primary N) is 1. The molecule has 2 amide bonds. The number of benzene rings is 1. The molecule has 2 rings (SSSR count). The van der Waals surface area contributed by atoms with Crippen LogP contribution in [-0.2, 0) is 0 Å². The third kappa shape index (κ3) is 3.19. The molecule has 1 heterocycles. The minimum atomic E-state index is 0.0397. The van der Waals surface area contributed by atoms with E-state index in [1.165, 1.54) is 6.42 Å². The first-order valence-electron chi connectivity index (χ1n) is 6.97. The molecule has 0 aromatic heterocycles. The highest BCUT2D eigenvalue weighted by Crippen LogP contribution is 2.22. The van der Waals surface area contributed by atoms with Gasteiger partial charge in [0.25, 0.3) is 0 Å². The number of hydrogen-bond donors (Lipinski definition) is 1. The van der Waals surface area contributed by atoms with Crippen LogP contribution < -0.4 is 5.73 Å². The Labute approximate surface area is 115 Å². The predicted molar refractivity (Wildman–Crippen MR) is 77.9 cm³/mol. The molecule has 1 aliphatic rings. The van der Waals surface area contributed by atoms with Crippen LogP contribution in [0.25, 0.3) is 0 Å². The van der Waals surface area contributed by atoms with Crippen molar-refractivity contribution in [3.8, 4) is 0 Å². The summed E-state index contributed by atoms with van der Waals surface area (Å²) in [5.41, 5.74) is 7.62. The second kappa shape index (κ2) is 5.95. The maximum Gasteiger partial charge on any atom is 0.320 e. The molecule has 1 unspecified atom stereocenters. The van der Waals surface area contributed by atoms with Crippen LogP contribution >= 0.6 is 0 Å². The number of nitrogens with zero attached hydrogens (tertiary/aromatic N) is 2. The summed E-state index contributed by atoms with van der Waals surface area (Å²) >= 11 is 0. The zero-order chi connectivity index (χ0) is 13.8. The van der Waals surface area contributed by atoms with Gasteiger partial charge in [0.15, 0.2) is 0 Å². The third-order valence-electron chi connectivity index (χ3n) is 3.90. The molecular weight excluding hydrogens is 238 g/mol. The van der Waals surface area contributed by atoms with Crippen molar-refractivity contribution < 1.29 is 4.79 Å². The SMILES string of the molecule is CC(c1cccc(N)c1)N(C)C(=O)N1CCCCC1. The van der Waals surface area contributed by atoms with E-state index < -0.39 is 0 Å². The summed E-state index contributed by atoms with van der Waals surface area (Å²) in [6.45, 7) is 3.80. The largest absolute Gasteiger partial charge is 0.399 e. The lowest BCUT2D eigenvalue weighted by Gasteiger charge is -2.34. The fourth-order valence-corrected chi connectivity index (χ4v) is 2.52. The Morgan fingerprint density at radius 1 is 1.32 bits per heavy atom. The number of amides is 2. The minimum absolute atomic E-state index is 0.0397. The highest BCUT2D eigenvalue weighted by molar-refractivity contribution is 5.74. The molecule has 1 fully saturated rings. The van der Waals surface area contributed by atoms with Crippen LogP contribution in [-0.4, -0.2) is 36.0 Å². The zero-order valence-corrected chi connectivity index (χ0v) is 11.8. The van der Waals surface area contributed by atoms with Crippen LogP contribution in [0.1, 0.15) is 37.8 Å². The zero-order valence-electron chi connectivity index (χ0n) is 11.8. The van der Waals surface area contributed by atoms with Gasteiger partial charge in [0.2, 0.25) is 0 Å². The number of anilines is 1. The standard InChI is InChI=1S/C15H23N3O/c1-12(13-7-6-8-14(16)11-13)17(2)15(19)18-9-4-3-5-10-18/h6-8,11-12H,3-5,9-10,16H2,1-2H3. The van der Waals surface area contributed by atoms with Gasteiger partial charge in [0.05, 0.1) is 6.04 Å². The Balaban J connectivity index is 2.05. The Morgan fingerprint density at radius 3 is 2.63 bits per heavy atom. The Hall–Kier alpha value is -1.71. The Kier molecular flexibility index (Phi) is 4.30. The van der Waals surface area contributed by atoms with Crippen LogP contribution in [0.5, 0.6) is 0 Å². The summed E-state index contributed by atoms with van der Waals surface area (Å²) in [5, 5.41) is 0. The molecule has 0 bridgehead atoms. The van der Waals surface area contributed by atoms with Gasteiger partial charge < -0.3 is 15.5 Å². The molecule has 1 aromatic rings. The summed E-state index contributed by atoms with van der Waals surface area (Å²) in [6.07, 6.45) is 3.47. The lowest BCUT2D eigenvalue weighted by atomic mass is 10.1. The maximum atomic E-state index is 12.4. The van der Waals surface area contributed by atoms with Gasteiger partial charge in [0.1, 0.15) is 0 Å². The number of rotatable bonds is 2. The van der Waals surface area contributed by atoms with Gasteiger partial charge in [-0.3, -0.25) is 0 Å². The molecule has 4 heteroatoms. The van der Waals surface area contributed by atoms with Crippen LogP contribution in [0, 0.1) is 0 Å². The van der Waals surface area contributed by atoms with Crippen molar-refractivity contribution >= 4 is 11.7 Å². The van der Waals surface area contributed by atoms with Crippen molar-refractivity contribution in [1.29, 1.82) is 0 Å². The van der Waals surface area contributed by atoms with Crippen molar-refractivity contribution in [3.63, 3.8) is 0 Å². The van der Waals surface area contributed by atoms with E-state index in [1.54, 1.807) is 4.90 Å². The van der Waals surface area contributed by atoms with Crippen LogP contribution in [0.2, 0.25) is 0 Å². The summed E-state index contributed by atoms with van der Waals surface area (Å²) in [5.74, 6) is 0. The summed E-state index contributed by atoms with van der Waals surface area (Å²) in [7, 11) is 1.87. The van der Waals surface area contributed by atoms with Crippen LogP contribution in [0.15, 0.2) is 24.3 Å². The fraction of sp³-hybridized carbons (Fsp3) is 0.533. The molecule has 0 radical (unpaired) electrons. The van der Waals surface area contributed by atoms with Gasteiger partial charge in [-0.15, -0.1) is 0 Å². The van der Waals surface area contributed by atoms with Crippen molar-refractivity contribution in [2.24, 2.45) is 0 Å². The molecule has 1 aliphatic heterocycles. The first-order valence-corrected chi connectivity index (χ1v) is 6.97. The molecule has 1 aromatic carbocycles. The topological polar surface area (TPSA) is 49.6 Å². The number of hydrogen-bond acceptors (Lipinski definition) is 2. The average molecular weight is 261 g/mol. The van der Waals surface area contributed by atoms with Gasteiger partial charge in [-0.1, -0.05) is 12.1 Å². The highest BCUT2D eigenvalue weighted by Gasteiger charge is 2.24. The van der Waals surface area contributed by atoms with E-state index in [0.29, 0.717) is 0 Å². The predicted octanol–water partition coefficient (Wildman–Crippen LogP) is 2.87. The van der Waals surface area contributed by atoms with Gasteiger partial charge >= 0.3 is 6.03 Å². The monoisotopic (exact) mass is 261 g/mol. The number of urea groups is 1.